The molecule has 2 heterocycles. The van der Waals surface area contributed by atoms with E-state index in [1.165, 1.54) is 14.2 Å². The molecule has 0 atom stereocenters. The molecule has 7 heteroatoms. The normalized spacial score (nSPS) is 13.7. The number of aromatic nitrogens is 2. The minimum Gasteiger partial charge on any atom is -0.504 e. The van der Waals surface area contributed by atoms with Gasteiger partial charge in [-0.1, -0.05) is 30.3 Å². The first-order chi connectivity index (χ1) is 14.1. The van der Waals surface area contributed by atoms with Crippen LogP contribution in [-0.4, -0.2) is 40.7 Å². The van der Waals surface area contributed by atoms with Gasteiger partial charge in [-0.15, -0.1) is 0 Å². The molecule has 0 spiro atoms. The van der Waals surface area contributed by atoms with Crippen LogP contribution in [0.2, 0.25) is 0 Å². The molecule has 1 aliphatic heterocycles. The Hall–Kier alpha value is -3.32. The Bertz CT molecular complexity index is 1080. The summed E-state index contributed by atoms with van der Waals surface area (Å²) in [5.74, 6) is 1.43. The van der Waals surface area contributed by atoms with Crippen LogP contribution in [0, 0.1) is 0 Å². The Morgan fingerprint density at radius 3 is 2.69 bits per heavy atom. The highest BCUT2D eigenvalue weighted by Gasteiger charge is 2.22. The van der Waals surface area contributed by atoms with Crippen molar-refractivity contribution in [3.8, 4) is 28.6 Å². The molecule has 4 rings (SSSR count). The Balaban J connectivity index is 1.57. The molecule has 29 heavy (non-hydrogen) atoms. The van der Waals surface area contributed by atoms with Gasteiger partial charge in [-0.3, -0.25) is 9.69 Å². The summed E-state index contributed by atoms with van der Waals surface area (Å²) in [6.45, 7) is 1.85. The topological polar surface area (TPSA) is 87.7 Å². The van der Waals surface area contributed by atoms with Gasteiger partial charge in [0.25, 0.3) is 5.56 Å². The Kier molecular flexibility index (Phi) is 5.22. The van der Waals surface area contributed by atoms with Crippen molar-refractivity contribution in [1.29, 1.82) is 0 Å². The van der Waals surface area contributed by atoms with Crippen LogP contribution in [0.25, 0.3) is 11.4 Å². The van der Waals surface area contributed by atoms with Gasteiger partial charge in [-0.2, -0.15) is 0 Å². The molecule has 0 unspecified atom stereocenters. The summed E-state index contributed by atoms with van der Waals surface area (Å²) in [6, 6.07) is 13.2. The van der Waals surface area contributed by atoms with Gasteiger partial charge < -0.3 is 19.6 Å². The van der Waals surface area contributed by atoms with Gasteiger partial charge in [0, 0.05) is 31.6 Å². The molecule has 2 N–H and O–H groups in total. The van der Waals surface area contributed by atoms with Crippen molar-refractivity contribution < 1.29 is 14.6 Å². The summed E-state index contributed by atoms with van der Waals surface area (Å²) in [7, 11) is 3.02. The summed E-state index contributed by atoms with van der Waals surface area (Å²) in [5, 5.41) is 10.2. The summed E-state index contributed by atoms with van der Waals surface area (Å²) in [4.78, 5) is 22.5. The zero-order valence-electron chi connectivity index (χ0n) is 16.4. The second kappa shape index (κ2) is 7.97. The molecule has 150 valence electrons. The van der Waals surface area contributed by atoms with Crippen molar-refractivity contribution in [2.24, 2.45) is 0 Å². The van der Waals surface area contributed by atoms with Crippen LogP contribution in [-0.2, 0) is 19.5 Å². The molecule has 0 aliphatic carbocycles. The second-order valence-corrected chi connectivity index (χ2v) is 7.02. The van der Waals surface area contributed by atoms with E-state index in [4.69, 9.17) is 14.5 Å². The number of nitrogens with one attached hydrogen (secondary N) is 1. The highest BCUT2D eigenvalue weighted by atomic mass is 16.5. The van der Waals surface area contributed by atoms with E-state index < -0.39 is 0 Å². The summed E-state index contributed by atoms with van der Waals surface area (Å²) in [6.07, 6.45) is 0.693. The van der Waals surface area contributed by atoms with Crippen molar-refractivity contribution in [1.82, 2.24) is 14.9 Å². The van der Waals surface area contributed by atoms with Crippen molar-refractivity contribution in [3.05, 3.63) is 69.6 Å². The van der Waals surface area contributed by atoms with Gasteiger partial charge in [0.1, 0.15) is 5.82 Å². The fraction of sp³-hybridized carbons (Fsp3) is 0.273. The minimum absolute atomic E-state index is 0.0336. The quantitative estimate of drug-likeness (QED) is 0.693. The van der Waals surface area contributed by atoms with E-state index in [2.05, 4.69) is 9.88 Å². The molecule has 0 fully saturated rings. The smallest absolute Gasteiger partial charge is 0.255 e. The van der Waals surface area contributed by atoms with E-state index in [0.717, 1.165) is 23.4 Å². The molecule has 0 amide bonds. The number of hydrogen-bond acceptors (Lipinski definition) is 6. The Morgan fingerprint density at radius 1 is 1.17 bits per heavy atom. The molecule has 0 saturated heterocycles. The molecule has 3 aromatic rings. The molecule has 2 aromatic carbocycles. The number of hydrogen-bond donors (Lipinski definition) is 2. The lowest BCUT2D eigenvalue weighted by Gasteiger charge is -2.28. The van der Waals surface area contributed by atoms with Crippen LogP contribution in [0.5, 0.6) is 17.2 Å². The van der Waals surface area contributed by atoms with Crippen molar-refractivity contribution >= 4 is 0 Å². The molecular weight excluding hydrogens is 370 g/mol. The van der Waals surface area contributed by atoms with Crippen molar-refractivity contribution in [2.75, 3.05) is 20.8 Å². The monoisotopic (exact) mass is 393 g/mol. The SMILES string of the molecule is COc1cc(CN2CCc3nc(-c4ccccc4)[nH]c(=O)c3C2)cc(O)c1OC. The first-order valence-electron chi connectivity index (χ1n) is 9.42. The minimum atomic E-state index is -0.103. The van der Waals surface area contributed by atoms with Crippen LogP contribution in [0.15, 0.2) is 47.3 Å². The molecule has 0 bridgehead atoms. The van der Waals surface area contributed by atoms with Crippen molar-refractivity contribution in [3.63, 3.8) is 0 Å². The van der Waals surface area contributed by atoms with Gasteiger partial charge in [0.2, 0.25) is 5.75 Å². The molecule has 0 radical (unpaired) electrons. The zero-order chi connectivity index (χ0) is 20.4. The fourth-order valence-electron chi connectivity index (χ4n) is 3.70. The van der Waals surface area contributed by atoms with Gasteiger partial charge in [-0.05, 0) is 17.7 Å². The average molecular weight is 393 g/mol. The third-order valence-corrected chi connectivity index (χ3v) is 5.12. The van der Waals surface area contributed by atoms with E-state index >= 15 is 0 Å². The van der Waals surface area contributed by atoms with Crippen molar-refractivity contribution in [2.45, 2.75) is 19.5 Å². The lowest BCUT2D eigenvalue weighted by atomic mass is 10.0. The number of benzene rings is 2. The standard InChI is InChI=1S/C22H23N3O4/c1-28-19-11-14(10-18(26)20(19)29-2)12-25-9-8-17-16(13-25)22(27)24-21(23-17)15-6-4-3-5-7-15/h3-7,10-11,26H,8-9,12-13H2,1-2H3,(H,23,24,27). The lowest BCUT2D eigenvalue weighted by Crippen LogP contribution is -2.35. The number of ether oxygens (including phenoxy) is 2. The number of phenolic OH excluding ortho intramolecular Hbond substituents is 1. The third-order valence-electron chi connectivity index (χ3n) is 5.12. The van der Waals surface area contributed by atoms with Crippen LogP contribution in [0.1, 0.15) is 16.8 Å². The van der Waals surface area contributed by atoms with E-state index in [1.54, 1.807) is 6.07 Å². The number of H-pyrrole nitrogens is 1. The number of methoxy groups -OCH3 is 2. The maximum Gasteiger partial charge on any atom is 0.255 e. The number of aromatic hydroxyl groups is 1. The van der Waals surface area contributed by atoms with E-state index in [0.29, 0.717) is 42.4 Å². The van der Waals surface area contributed by atoms with Crippen LogP contribution in [0.4, 0.5) is 0 Å². The summed E-state index contributed by atoms with van der Waals surface area (Å²) >= 11 is 0. The lowest BCUT2D eigenvalue weighted by molar-refractivity contribution is 0.240. The van der Waals surface area contributed by atoms with E-state index in [1.807, 2.05) is 36.4 Å². The Labute approximate surface area is 168 Å². The summed E-state index contributed by atoms with van der Waals surface area (Å²) < 4.78 is 10.5. The Morgan fingerprint density at radius 2 is 1.97 bits per heavy atom. The van der Waals surface area contributed by atoms with Gasteiger partial charge in [0.15, 0.2) is 11.5 Å². The zero-order valence-corrected chi connectivity index (χ0v) is 16.4. The maximum absolute atomic E-state index is 12.7. The second-order valence-electron chi connectivity index (χ2n) is 7.02. The highest BCUT2D eigenvalue weighted by molar-refractivity contribution is 5.55. The average Bonchev–Trinajstić information content (AvgIpc) is 2.74. The number of aromatic amines is 1. The number of fused-ring (bicyclic) bond motifs is 1. The van der Waals surface area contributed by atoms with E-state index in [-0.39, 0.29) is 11.3 Å². The molecular formula is C22H23N3O4. The van der Waals surface area contributed by atoms with Gasteiger partial charge >= 0.3 is 0 Å². The number of rotatable bonds is 5. The largest absolute Gasteiger partial charge is 0.504 e. The molecule has 1 aliphatic rings. The predicted octanol–water partition coefficient (Wildman–Crippen LogP) is 2.72. The fourth-order valence-corrected chi connectivity index (χ4v) is 3.70. The van der Waals surface area contributed by atoms with Gasteiger partial charge in [-0.25, -0.2) is 4.98 Å². The first kappa shape index (κ1) is 19.0. The van der Waals surface area contributed by atoms with E-state index in [9.17, 15) is 9.90 Å². The molecule has 0 saturated carbocycles. The molecule has 1 aromatic heterocycles. The van der Waals surface area contributed by atoms with Gasteiger partial charge in [0.05, 0.1) is 25.5 Å². The first-order valence-corrected chi connectivity index (χ1v) is 9.42. The van der Waals surface area contributed by atoms with Crippen LogP contribution in [0.3, 0.4) is 0 Å². The predicted molar refractivity (Wildman–Crippen MR) is 109 cm³/mol. The number of nitrogens with zero attached hydrogens (tertiary/aromatic N) is 2. The maximum atomic E-state index is 12.7. The highest BCUT2D eigenvalue weighted by Crippen LogP contribution is 2.37. The van der Waals surface area contributed by atoms with Crippen LogP contribution >= 0.6 is 0 Å². The summed E-state index contributed by atoms with van der Waals surface area (Å²) in [5.41, 5.74) is 3.22. The molecule has 7 nitrogen and oxygen atoms in total. The number of phenols is 1. The third kappa shape index (κ3) is 3.82. The van der Waals surface area contributed by atoms with Crippen LogP contribution < -0.4 is 15.0 Å².